The third kappa shape index (κ3) is 4.31. The summed E-state index contributed by atoms with van der Waals surface area (Å²) in [7, 11) is 0. The van der Waals surface area contributed by atoms with Gasteiger partial charge in [0.05, 0.1) is 5.69 Å². The first kappa shape index (κ1) is 33.9. The monoisotopic (exact) mass is 772 g/mol. The van der Waals surface area contributed by atoms with Crippen molar-refractivity contribution in [1.82, 2.24) is 0 Å². The molecule has 0 atom stereocenters. The summed E-state index contributed by atoms with van der Waals surface area (Å²) >= 11 is 0. The Morgan fingerprint density at radius 2 is 1.22 bits per heavy atom. The lowest BCUT2D eigenvalue weighted by Gasteiger charge is -2.51. The van der Waals surface area contributed by atoms with E-state index in [1.807, 2.05) is 0 Å². The first-order chi connectivity index (χ1) is 29.2. The second-order valence-electron chi connectivity index (χ2n) is 18.4. The number of rotatable bonds is 2. The lowest BCUT2D eigenvalue weighted by atomic mass is 9.41. The molecule has 0 aliphatic carbocycles. The third-order valence-electron chi connectivity index (χ3n) is 13.8. The topological polar surface area (TPSA) is 32.8 Å². The smallest absolute Gasteiger partial charge is 0.334 e. The van der Waals surface area contributed by atoms with Crippen LogP contribution in [0.15, 0.2) is 167 Å². The molecule has 3 aliphatic rings. The number of furan rings is 2. The Balaban J connectivity index is 1.26. The molecule has 286 valence electrons. The molecule has 5 heteroatoms. The summed E-state index contributed by atoms with van der Waals surface area (Å²) in [5.74, 6) is 0. The van der Waals surface area contributed by atoms with Crippen LogP contribution in [-0.4, -0.2) is 6.85 Å². The molecule has 0 saturated heterocycles. The first-order valence-corrected chi connectivity index (χ1v) is 21.1. The van der Waals surface area contributed by atoms with Crippen LogP contribution in [-0.2, 0) is 10.8 Å². The van der Waals surface area contributed by atoms with E-state index in [4.69, 9.17) is 8.83 Å². The average Bonchev–Trinajstić information content (AvgIpc) is 3.84. The Kier molecular flexibility index (Phi) is 6.57. The SMILES string of the molecule is CC(C)(C)c1ccc(N2c3cc4c(oc5ccccc54)c4c3B(c3c2ccc2oc5ccccc5c32)N2c3ccccc3C(C)(C)c3cccc-4c32)c(-c2ccccc2)c1. The quantitative estimate of drug-likeness (QED) is 0.164. The van der Waals surface area contributed by atoms with E-state index in [1.54, 1.807) is 0 Å². The molecule has 2 aromatic heterocycles. The van der Waals surface area contributed by atoms with E-state index in [0.717, 1.165) is 60.9 Å². The minimum absolute atomic E-state index is 0.0422. The molecule has 0 N–H and O–H groups in total. The molecule has 0 unspecified atom stereocenters. The molecule has 0 fully saturated rings. The van der Waals surface area contributed by atoms with Gasteiger partial charge in [-0.15, -0.1) is 0 Å². The fraction of sp³-hybridized carbons (Fsp3) is 0.127. The molecule has 0 amide bonds. The van der Waals surface area contributed by atoms with Gasteiger partial charge in [-0.2, -0.15) is 0 Å². The van der Waals surface area contributed by atoms with Crippen molar-refractivity contribution in [3.8, 4) is 22.3 Å². The summed E-state index contributed by atoms with van der Waals surface area (Å²) in [4.78, 5) is 5.24. The Morgan fingerprint density at radius 3 is 2.03 bits per heavy atom. The summed E-state index contributed by atoms with van der Waals surface area (Å²) in [6.45, 7) is 11.5. The van der Waals surface area contributed by atoms with Crippen LogP contribution in [0, 0.1) is 0 Å². The van der Waals surface area contributed by atoms with Crippen molar-refractivity contribution in [1.29, 1.82) is 0 Å². The van der Waals surface area contributed by atoms with Crippen LogP contribution >= 0.6 is 0 Å². The number of para-hydroxylation sites is 4. The summed E-state index contributed by atoms with van der Waals surface area (Å²) in [5, 5.41) is 4.51. The minimum Gasteiger partial charge on any atom is -0.456 e. The van der Waals surface area contributed by atoms with Crippen molar-refractivity contribution in [2.24, 2.45) is 0 Å². The number of fused-ring (bicyclic) bond motifs is 14. The Morgan fingerprint density at radius 1 is 0.517 bits per heavy atom. The van der Waals surface area contributed by atoms with E-state index in [0.29, 0.717) is 0 Å². The normalized spacial score (nSPS) is 14.8. The number of hydrogen-bond donors (Lipinski definition) is 0. The maximum Gasteiger partial charge on any atom is 0.334 e. The zero-order valence-corrected chi connectivity index (χ0v) is 34.3. The van der Waals surface area contributed by atoms with Crippen LogP contribution in [0.3, 0.4) is 0 Å². The van der Waals surface area contributed by atoms with E-state index in [2.05, 4.69) is 202 Å². The third-order valence-corrected chi connectivity index (χ3v) is 13.8. The fourth-order valence-corrected chi connectivity index (χ4v) is 11.0. The van der Waals surface area contributed by atoms with E-state index in [1.165, 1.54) is 61.2 Å². The predicted molar refractivity (Wildman–Crippen MR) is 251 cm³/mol. The van der Waals surface area contributed by atoms with Crippen molar-refractivity contribution in [3.63, 3.8) is 0 Å². The molecule has 0 saturated carbocycles. The highest BCUT2D eigenvalue weighted by Crippen LogP contribution is 2.58. The highest BCUT2D eigenvalue weighted by Gasteiger charge is 2.52. The summed E-state index contributed by atoms with van der Waals surface area (Å²) in [5.41, 5.74) is 20.4. The summed E-state index contributed by atoms with van der Waals surface area (Å²) in [6.07, 6.45) is 0. The van der Waals surface area contributed by atoms with Gasteiger partial charge in [0.2, 0.25) is 0 Å². The van der Waals surface area contributed by atoms with Gasteiger partial charge in [0, 0.05) is 66.4 Å². The van der Waals surface area contributed by atoms with Crippen molar-refractivity contribution in [3.05, 3.63) is 174 Å². The molecule has 0 radical (unpaired) electrons. The van der Waals surface area contributed by atoms with E-state index >= 15 is 0 Å². The highest BCUT2D eigenvalue weighted by atomic mass is 16.3. The maximum absolute atomic E-state index is 7.09. The lowest BCUT2D eigenvalue weighted by molar-refractivity contribution is 0.590. The molecule has 5 heterocycles. The van der Waals surface area contributed by atoms with E-state index < -0.39 is 0 Å². The Labute approximate surface area is 349 Å². The van der Waals surface area contributed by atoms with Crippen LogP contribution in [0.4, 0.5) is 28.4 Å². The van der Waals surface area contributed by atoms with Gasteiger partial charge in [0.15, 0.2) is 0 Å². The molecule has 0 bridgehead atoms. The zero-order chi connectivity index (χ0) is 40.2. The van der Waals surface area contributed by atoms with Crippen LogP contribution in [0.2, 0.25) is 0 Å². The highest BCUT2D eigenvalue weighted by molar-refractivity contribution is 6.95. The largest absolute Gasteiger partial charge is 0.456 e. The van der Waals surface area contributed by atoms with Gasteiger partial charge in [0.1, 0.15) is 22.3 Å². The molecule has 3 aliphatic heterocycles. The Hall–Kier alpha value is -6.98. The van der Waals surface area contributed by atoms with Crippen LogP contribution in [0.5, 0.6) is 0 Å². The zero-order valence-electron chi connectivity index (χ0n) is 34.3. The molecular formula is C55H41BN2O2. The second-order valence-corrected chi connectivity index (χ2v) is 18.4. The van der Waals surface area contributed by atoms with Crippen molar-refractivity contribution in [2.75, 3.05) is 9.71 Å². The maximum atomic E-state index is 7.09. The number of nitrogens with zero attached hydrogens (tertiary/aromatic N) is 2. The lowest BCUT2D eigenvalue weighted by Crippen LogP contribution is -2.63. The van der Waals surface area contributed by atoms with Gasteiger partial charge >= 0.3 is 6.85 Å². The van der Waals surface area contributed by atoms with Crippen molar-refractivity contribution < 1.29 is 8.83 Å². The molecule has 8 aromatic carbocycles. The standard InChI is InChI=1S/C55H41BN2O2/c1-54(2,3)33-26-27-41(37(30-33)32-16-7-6-8-17-32)57-43-28-29-47-48(35-19-10-14-25-46(35)59-47)50(43)56-51-44(57)31-38-34-18-9-13-24-45(34)60-53(38)49(51)36-20-15-22-40-52(36)58(56)42-23-12-11-21-39(42)55(40,4)5/h6-31H,1-5H3. The molecular weight excluding hydrogens is 731 g/mol. The van der Waals surface area contributed by atoms with Crippen LogP contribution < -0.4 is 20.6 Å². The Bertz CT molecular complexity index is 3480. The first-order valence-electron chi connectivity index (χ1n) is 21.1. The van der Waals surface area contributed by atoms with Gasteiger partial charge in [-0.1, -0.05) is 144 Å². The number of benzene rings is 8. The predicted octanol–water partition coefficient (Wildman–Crippen LogP) is 13.8. The summed E-state index contributed by atoms with van der Waals surface area (Å²) < 4.78 is 13.9. The molecule has 13 rings (SSSR count). The minimum atomic E-state index is -0.238. The average molecular weight is 773 g/mol. The molecule has 60 heavy (non-hydrogen) atoms. The summed E-state index contributed by atoms with van der Waals surface area (Å²) in [6, 6.07) is 58.0. The van der Waals surface area contributed by atoms with Gasteiger partial charge in [-0.05, 0) is 87.1 Å². The van der Waals surface area contributed by atoms with Gasteiger partial charge < -0.3 is 18.5 Å². The molecule has 10 aromatic rings. The molecule has 4 nitrogen and oxygen atoms in total. The van der Waals surface area contributed by atoms with E-state index in [-0.39, 0.29) is 17.7 Å². The fourth-order valence-electron chi connectivity index (χ4n) is 11.0. The van der Waals surface area contributed by atoms with Gasteiger partial charge in [-0.3, -0.25) is 0 Å². The second kappa shape index (κ2) is 11.6. The number of hydrogen-bond acceptors (Lipinski definition) is 4. The van der Waals surface area contributed by atoms with Gasteiger partial charge in [-0.25, -0.2) is 0 Å². The van der Waals surface area contributed by atoms with Crippen molar-refractivity contribution >= 4 is 90.1 Å². The molecule has 0 spiro atoms. The van der Waals surface area contributed by atoms with Crippen LogP contribution in [0.25, 0.3) is 66.1 Å². The number of anilines is 5. The van der Waals surface area contributed by atoms with E-state index in [9.17, 15) is 0 Å². The van der Waals surface area contributed by atoms with Crippen molar-refractivity contribution in [2.45, 2.75) is 45.4 Å². The van der Waals surface area contributed by atoms with Crippen LogP contribution in [0.1, 0.15) is 51.3 Å². The van der Waals surface area contributed by atoms with Gasteiger partial charge in [0.25, 0.3) is 0 Å².